The van der Waals surface area contributed by atoms with Crippen LogP contribution in [0.3, 0.4) is 0 Å². The van der Waals surface area contributed by atoms with Crippen LogP contribution in [0, 0.1) is 5.92 Å². The number of pyridine rings is 1. The van der Waals surface area contributed by atoms with Crippen LogP contribution in [0.4, 0.5) is 0 Å². The lowest BCUT2D eigenvalue weighted by molar-refractivity contribution is 0.0729. The van der Waals surface area contributed by atoms with Crippen LogP contribution in [-0.2, 0) is 6.54 Å². The van der Waals surface area contributed by atoms with Gasteiger partial charge in [0, 0.05) is 24.5 Å². The standard InChI is InChI=1S/C17H15Cl2N7O/c18-13-6-12(7-14(19)24-13)16(27)25(8-11-2-3-11)9-15-22-10-23-26(15)17-20-4-1-5-21-17/h1,4-7,10-11H,2-3,8-9H2. The Labute approximate surface area is 165 Å². The molecule has 0 bridgehead atoms. The largest absolute Gasteiger partial charge is 0.331 e. The number of aromatic nitrogens is 6. The lowest BCUT2D eigenvalue weighted by Gasteiger charge is -2.22. The van der Waals surface area contributed by atoms with Gasteiger partial charge in [-0.15, -0.1) is 0 Å². The van der Waals surface area contributed by atoms with E-state index in [1.54, 1.807) is 23.4 Å². The van der Waals surface area contributed by atoms with Crippen LogP contribution in [0.15, 0.2) is 36.9 Å². The van der Waals surface area contributed by atoms with Crippen LogP contribution in [0.2, 0.25) is 10.3 Å². The molecule has 1 aliphatic carbocycles. The van der Waals surface area contributed by atoms with E-state index in [1.165, 1.54) is 23.1 Å². The van der Waals surface area contributed by atoms with E-state index in [1.807, 2.05) is 0 Å². The van der Waals surface area contributed by atoms with Gasteiger partial charge in [0.15, 0.2) is 5.82 Å². The highest BCUT2D eigenvalue weighted by Crippen LogP contribution is 2.31. The number of nitrogens with zero attached hydrogens (tertiary/aromatic N) is 7. The van der Waals surface area contributed by atoms with Gasteiger partial charge in [-0.3, -0.25) is 4.79 Å². The van der Waals surface area contributed by atoms with E-state index in [4.69, 9.17) is 23.2 Å². The van der Waals surface area contributed by atoms with Gasteiger partial charge < -0.3 is 4.90 Å². The van der Waals surface area contributed by atoms with Gasteiger partial charge in [-0.05, 0) is 37.0 Å². The molecule has 1 aliphatic rings. The van der Waals surface area contributed by atoms with Crippen molar-refractivity contribution in [2.45, 2.75) is 19.4 Å². The highest BCUT2D eigenvalue weighted by atomic mass is 35.5. The number of halogens is 2. The summed E-state index contributed by atoms with van der Waals surface area (Å²) in [6, 6.07) is 4.75. The Morgan fingerprint density at radius 1 is 1.15 bits per heavy atom. The van der Waals surface area contributed by atoms with Gasteiger partial charge in [0.05, 0.1) is 6.54 Å². The predicted octanol–water partition coefficient (Wildman–Crippen LogP) is 2.81. The van der Waals surface area contributed by atoms with E-state index in [0.29, 0.717) is 29.8 Å². The first-order valence-electron chi connectivity index (χ1n) is 8.39. The molecule has 0 N–H and O–H groups in total. The lowest BCUT2D eigenvalue weighted by Crippen LogP contribution is -2.33. The maximum absolute atomic E-state index is 13.1. The highest BCUT2D eigenvalue weighted by Gasteiger charge is 2.29. The summed E-state index contributed by atoms with van der Waals surface area (Å²) < 4.78 is 1.53. The topological polar surface area (TPSA) is 89.7 Å². The Hall–Kier alpha value is -2.58. The third-order valence-corrected chi connectivity index (χ3v) is 4.55. The van der Waals surface area contributed by atoms with Crippen LogP contribution in [-0.4, -0.2) is 47.1 Å². The molecule has 1 saturated carbocycles. The van der Waals surface area contributed by atoms with E-state index in [2.05, 4.69) is 25.0 Å². The molecule has 10 heteroatoms. The van der Waals surface area contributed by atoms with Crippen molar-refractivity contribution in [3.63, 3.8) is 0 Å². The second kappa shape index (κ2) is 7.58. The monoisotopic (exact) mass is 403 g/mol. The van der Waals surface area contributed by atoms with E-state index in [9.17, 15) is 4.79 Å². The average Bonchev–Trinajstić information content (AvgIpc) is 3.35. The summed E-state index contributed by atoms with van der Waals surface area (Å²) in [6.45, 7) is 0.893. The van der Waals surface area contributed by atoms with Crippen molar-refractivity contribution in [1.29, 1.82) is 0 Å². The smallest absolute Gasteiger partial charge is 0.254 e. The minimum absolute atomic E-state index is 0.179. The average molecular weight is 404 g/mol. The van der Waals surface area contributed by atoms with E-state index in [0.717, 1.165) is 12.8 Å². The van der Waals surface area contributed by atoms with E-state index >= 15 is 0 Å². The molecule has 138 valence electrons. The zero-order chi connectivity index (χ0) is 18.8. The molecule has 3 aromatic heterocycles. The molecule has 0 spiro atoms. The molecule has 1 fully saturated rings. The third kappa shape index (κ3) is 4.23. The van der Waals surface area contributed by atoms with Crippen molar-refractivity contribution in [1.82, 2.24) is 34.6 Å². The molecule has 8 nitrogen and oxygen atoms in total. The summed E-state index contributed by atoms with van der Waals surface area (Å²) in [5.74, 6) is 1.28. The summed E-state index contributed by atoms with van der Waals surface area (Å²) in [5, 5.41) is 4.54. The fourth-order valence-electron chi connectivity index (χ4n) is 2.71. The van der Waals surface area contributed by atoms with Crippen molar-refractivity contribution in [3.8, 4) is 5.95 Å². The molecule has 3 heterocycles. The molecule has 0 unspecified atom stereocenters. The zero-order valence-electron chi connectivity index (χ0n) is 14.2. The third-order valence-electron chi connectivity index (χ3n) is 4.16. The lowest BCUT2D eigenvalue weighted by atomic mass is 10.2. The molecule has 3 aromatic rings. The summed E-state index contributed by atoms with van der Waals surface area (Å²) in [7, 11) is 0. The molecule has 0 atom stereocenters. The van der Waals surface area contributed by atoms with Crippen LogP contribution in [0.5, 0.6) is 0 Å². The number of carbonyl (C=O) groups is 1. The summed E-state index contributed by atoms with van der Waals surface area (Å²) in [5.41, 5.74) is 0.391. The molecule has 0 aliphatic heterocycles. The maximum Gasteiger partial charge on any atom is 0.254 e. The number of hydrogen-bond donors (Lipinski definition) is 0. The normalized spacial score (nSPS) is 13.6. The number of carbonyl (C=O) groups excluding carboxylic acids is 1. The molecule has 1 amide bonds. The molecule has 0 radical (unpaired) electrons. The molecule has 27 heavy (non-hydrogen) atoms. The first-order valence-corrected chi connectivity index (χ1v) is 9.14. The summed E-state index contributed by atoms with van der Waals surface area (Å²) in [6.07, 6.45) is 6.89. The van der Waals surface area contributed by atoms with Gasteiger partial charge in [0.2, 0.25) is 0 Å². The molecule has 0 saturated heterocycles. The van der Waals surface area contributed by atoms with Gasteiger partial charge >= 0.3 is 0 Å². The van der Waals surface area contributed by atoms with Gasteiger partial charge in [0.25, 0.3) is 11.9 Å². The number of hydrogen-bond acceptors (Lipinski definition) is 6. The fourth-order valence-corrected chi connectivity index (χ4v) is 3.17. The van der Waals surface area contributed by atoms with Gasteiger partial charge in [-0.2, -0.15) is 9.78 Å². The van der Waals surface area contributed by atoms with Crippen LogP contribution < -0.4 is 0 Å². The van der Waals surface area contributed by atoms with Crippen molar-refractivity contribution in [2.75, 3.05) is 6.54 Å². The SMILES string of the molecule is O=C(c1cc(Cl)nc(Cl)c1)N(Cc1ncnn1-c1ncccn1)CC1CC1. The second-order valence-electron chi connectivity index (χ2n) is 6.27. The Kier molecular flexibility index (Phi) is 5.00. The van der Waals surface area contributed by atoms with Crippen LogP contribution in [0.25, 0.3) is 5.95 Å². The van der Waals surface area contributed by atoms with E-state index < -0.39 is 0 Å². The molecule has 0 aromatic carbocycles. The minimum atomic E-state index is -0.184. The zero-order valence-corrected chi connectivity index (χ0v) is 15.7. The van der Waals surface area contributed by atoms with Crippen molar-refractivity contribution < 1.29 is 4.79 Å². The van der Waals surface area contributed by atoms with Crippen molar-refractivity contribution in [3.05, 3.63) is 58.6 Å². The minimum Gasteiger partial charge on any atom is -0.331 e. The molecular weight excluding hydrogens is 389 g/mol. The van der Waals surface area contributed by atoms with Crippen LogP contribution in [0.1, 0.15) is 29.0 Å². The first kappa shape index (κ1) is 17.8. The van der Waals surface area contributed by atoms with Gasteiger partial charge in [-0.25, -0.2) is 19.9 Å². The van der Waals surface area contributed by atoms with Gasteiger partial charge in [0.1, 0.15) is 16.6 Å². The fraction of sp³-hybridized carbons (Fsp3) is 0.294. The summed E-state index contributed by atoms with van der Waals surface area (Å²) in [4.78, 5) is 31.4. The molecule has 4 rings (SSSR count). The summed E-state index contributed by atoms with van der Waals surface area (Å²) >= 11 is 11.9. The van der Waals surface area contributed by atoms with Crippen LogP contribution >= 0.6 is 23.2 Å². The number of amides is 1. The van der Waals surface area contributed by atoms with E-state index in [-0.39, 0.29) is 22.8 Å². The molecular formula is C17H15Cl2N7O. The van der Waals surface area contributed by atoms with Crippen molar-refractivity contribution >= 4 is 29.1 Å². The quantitative estimate of drug-likeness (QED) is 0.587. The number of rotatable bonds is 6. The van der Waals surface area contributed by atoms with Gasteiger partial charge in [-0.1, -0.05) is 23.2 Å². The predicted molar refractivity (Wildman–Crippen MR) is 98.7 cm³/mol. The Morgan fingerprint density at radius 2 is 1.85 bits per heavy atom. The maximum atomic E-state index is 13.1. The Bertz CT molecular complexity index is 939. The van der Waals surface area contributed by atoms with Crippen molar-refractivity contribution in [2.24, 2.45) is 5.92 Å². The highest BCUT2D eigenvalue weighted by molar-refractivity contribution is 6.33. The first-order chi connectivity index (χ1) is 13.1. The second-order valence-corrected chi connectivity index (χ2v) is 7.04. The Morgan fingerprint density at radius 3 is 2.52 bits per heavy atom. The Balaban J connectivity index is 1.62.